The van der Waals surface area contributed by atoms with Crippen molar-refractivity contribution in [2.45, 2.75) is 19.9 Å². The third-order valence-corrected chi connectivity index (χ3v) is 3.71. The van der Waals surface area contributed by atoms with Crippen molar-refractivity contribution < 1.29 is 4.79 Å². The van der Waals surface area contributed by atoms with E-state index in [1.54, 1.807) is 0 Å². The summed E-state index contributed by atoms with van der Waals surface area (Å²) in [4.78, 5) is 11.9. The van der Waals surface area contributed by atoms with Gasteiger partial charge in [0.15, 0.2) is 0 Å². The van der Waals surface area contributed by atoms with Crippen LogP contribution in [-0.4, -0.2) is 12.5 Å². The molecule has 0 unspecified atom stereocenters. The van der Waals surface area contributed by atoms with Gasteiger partial charge in [-0.3, -0.25) is 4.79 Å². The van der Waals surface area contributed by atoms with Crippen LogP contribution in [0, 0.1) is 6.92 Å². The summed E-state index contributed by atoms with van der Waals surface area (Å²) in [5.74, 6) is -0.0394. The summed E-state index contributed by atoms with van der Waals surface area (Å²) in [6, 6.07) is 16.0. The quantitative estimate of drug-likeness (QED) is 0.857. The van der Waals surface area contributed by atoms with E-state index in [0.29, 0.717) is 0 Å². The molecule has 0 fully saturated rings. The number of carbonyl (C=O) groups is 1. The average molecular weight is 347 g/mol. The topological polar surface area (TPSA) is 41.1 Å². The molecular weight excluding hydrogens is 328 g/mol. The lowest BCUT2D eigenvalue weighted by molar-refractivity contribution is -0.115. The molecule has 0 saturated heterocycles. The van der Waals surface area contributed by atoms with E-state index in [9.17, 15) is 4.79 Å². The molecule has 0 aliphatic carbocycles. The maximum atomic E-state index is 11.9. The fraction of sp³-hybridized carbons (Fsp3) is 0.235. The van der Waals surface area contributed by atoms with Gasteiger partial charge in [-0.05, 0) is 49.2 Å². The Hall–Kier alpha value is -1.65. The van der Waals surface area contributed by atoms with E-state index in [0.717, 1.165) is 21.3 Å². The monoisotopic (exact) mass is 346 g/mol. The summed E-state index contributed by atoms with van der Waals surface area (Å²) in [7, 11) is 0. The van der Waals surface area contributed by atoms with Crippen molar-refractivity contribution in [3.8, 4) is 0 Å². The van der Waals surface area contributed by atoms with Gasteiger partial charge in [-0.15, -0.1) is 0 Å². The highest BCUT2D eigenvalue weighted by molar-refractivity contribution is 9.10. The first-order valence-electron chi connectivity index (χ1n) is 6.90. The number of rotatable bonds is 5. The number of carbonyl (C=O) groups excluding carboxylic acids is 1. The fourth-order valence-electron chi connectivity index (χ4n) is 2.07. The molecule has 0 aromatic heterocycles. The van der Waals surface area contributed by atoms with Gasteiger partial charge in [0.25, 0.3) is 0 Å². The molecule has 21 heavy (non-hydrogen) atoms. The summed E-state index contributed by atoms with van der Waals surface area (Å²) in [6.45, 7) is 4.33. The van der Waals surface area contributed by atoms with E-state index >= 15 is 0 Å². The number of benzene rings is 2. The van der Waals surface area contributed by atoms with Crippen molar-refractivity contribution in [1.82, 2.24) is 5.32 Å². The molecule has 2 aromatic carbocycles. The van der Waals surface area contributed by atoms with Gasteiger partial charge in [0.2, 0.25) is 5.91 Å². The highest BCUT2D eigenvalue weighted by atomic mass is 79.9. The number of halogens is 1. The van der Waals surface area contributed by atoms with Crippen molar-refractivity contribution in [1.29, 1.82) is 0 Å². The molecule has 0 heterocycles. The molecule has 0 radical (unpaired) electrons. The van der Waals surface area contributed by atoms with E-state index < -0.39 is 0 Å². The summed E-state index contributed by atoms with van der Waals surface area (Å²) >= 11 is 3.45. The Morgan fingerprint density at radius 2 is 1.95 bits per heavy atom. The smallest absolute Gasteiger partial charge is 0.238 e. The summed E-state index contributed by atoms with van der Waals surface area (Å²) in [5.41, 5.74) is 3.10. The van der Waals surface area contributed by atoms with Crippen LogP contribution in [0.1, 0.15) is 24.1 Å². The summed E-state index contributed by atoms with van der Waals surface area (Å²) in [6.07, 6.45) is 0. The second-order valence-electron chi connectivity index (χ2n) is 5.08. The normalized spacial score (nSPS) is 12.0. The van der Waals surface area contributed by atoms with Gasteiger partial charge in [0.05, 0.1) is 6.54 Å². The van der Waals surface area contributed by atoms with Crippen molar-refractivity contribution in [2.24, 2.45) is 0 Å². The van der Waals surface area contributed by atoms with Crippen LogP contribution < -0.4 is 10.6 Å². The molecule has 0 bridgehead atoms. The first-order chi connectivity index (χ1) is 10.0. The Morgan fingerprint density at radius 3 is 2.67 bits per heavy atom. The van der Waals surface area contributed by atoms with Gasteiger partial charge in [-0.2, -0.15) is 0 Å². The van der Waals surface area contributed by atoms with Crippen LogP contribution in [0.15, 0.2) is 53.0 Å². The average Bonchev–Trinajstić information content (AvgIpc) is 2.45. The zero-order chi connectivity index (χ0) is 15.2. The molecule has 1 atom stereocenters. The van der Waals surface area contributed by atoms with Gasteiger partial charge in [0.1, 0.15) is 0 Å². The molecule has 2 aromatic rings. The molecule has 4 heteroatoms. The maximum absolute atomic E-state index is 11.9. The number of amides is 1. The zero-order valence-electron chi connectivity index (χ0n) is 12.2. The Kier molecular flexibility index (Phi) is 5.53. The molecule has 0 aliphatic heterocycles. The van der Waals surface area contributed by atoms with Gasteiger partial charge in [-0.25, -0.2) is 0 Å². The van der Waals surface area contributed by atoms with E-state index in [2.05, 4.69) is 32.6 Å². The fourth-order valence-corrected chi connectivity index (χ4v) is 2.48. The van der Waals surface area contributed by atoms with Crippen molar-refractivity contribution in [3.05, 3.63) is 64.1 Å². The minimum absolute atomic E-state index is 0.0394. The van der Waals surface area contributed by atoms with Gasteiger partial charge < -0.3 is 10.6 Å². The second kappa shape index (κ2) is 7.38. The van der Waals surface area contributed by atoms with Crippen LogP contribution in [0.2, 0.25) is 0 Å². The number of hydrogen-bond donors (Lipinski definition) is 2. The minimum Gasteiger partial charge on any atom is -0.325 e. The molecule has 0 spiro atoms. The highest BCUT2D eigenvalue weighted by Gasteiger charge is 2.08. The Bertz CT molecular complexity index is 628. The molecule has 0 saturated carbocycles. The first-order valence-corrected chi connectivity index (χ1v) is 7.69. The molecule has 2 rings (SSSR count). The van der Waals surface area contributed by atoms with Crippen LogP contribution in [0.4, 0.5) is 5.69 Å². The lowest BCUT2D eigenvalue weighted by Crippen LogP contribution is -2.30. The summed E-state index contributed by atoms with van der Waals surface area (Å²) in [5, 5.41) is 6.12. The van der Waals surface area contributed by atoms with Gasteiger partial charge in [0, 0.05) is 16.2 Å². The van der Waals surface area contributed by atoms with Crippen LogP contribution in [0.3, 0.4) is 0 Å². The van der Waals surface area contributed by atoms with E-state index in [-0.39, 0.29) is 18.5 Å². The number of hydrogen-bond acceptors (Lipinski definition) is 2. The van der Waals surface area contributed by atoms with Crippen LogP contribution in [0.5, 0.6) is 0 Å². The van der Waals surface area contributed by atoms with Crippen molar-refractivity contribution in [3.63, 3.8) is 0 Å². The van der Waals surface area contributed by atoms with Crippen LogP contribution >= 0.6 is 15.9 Å². The largest absolute Gasteiger partial charge is 0.325 e. The van der Waals surface area contributed by atoms with E-state index in [1.807, 2.05) is 56.3 Å². The predicted octanol–water partition coefficient (Wildman–Crippen LogP) is 4.05. The first kappa shape index (κ1) is 15.7. The number of anilines is 1. The molecule has 0 aliphatic rings. The number of aryl methyl sites for hydroxylation is 1. The van der Waals surface area contributed by atoms with Gasteiger partial charge >= 0.3 is 0 Å². The standard InChI is InChI=1S/C17H19BrN2O/c1-12-5-3-8-16(9-12)20-17(21)11-19-13(2)14-6-4-7-15(18)10-14/h3-10,13,19H,11H2,1-2H3,(H,20,21)/t13-/m0/s1. The lowest BCUT2D eigenvalue weighted by atomic mass is 10.1. The second-order valence-corrected chi connectivity index (χ2v) is 5.99. The van der Waals surface area contributed by atoms with Gasteiger partial charge in [-0.1, -0.05) is 40.2 Å². The Morgan fingerprint density at radius 1 is 1.19 bits per heavy atom. The summed E-state index contributed by atoms with van der Waals surface area (Å²) < 4.78 is 1.04. The predicted molar refractivity (Wildman–Crippen MR) is 90.4 cm³/mol. The van der Waals surface area contributed by atoms with Crippen molar-refractivity contribution >= 4 is 27.5 Å². The third kappa shape index (κ3) is 4.99. The molecule has 3 nitrogen and oxygen atoms in total. The maximum Gasteiger partial charge on any atom is 0.238 e. The minimum atomic E-state index is -0.0394. The van der Waals surface area contributed by atoms with Crippen molar-refractivity contribution in [2.75, 3.05) is 11.9 Å². The van der Waals surface area contributed by atoms with E-state index in [1.165, 1.54) is 0 Å². The molecule has 2 N–H and O–H groups in total. The number of nitrogens with one attached hydrogen (secondary N) is 2. The van der Waals surface area contributed by atoms with E-state index in [4.69, 9.17) is 0 Å². The van der Waals surface area contributed by atoms with Crippen LogP contribution in [-0.2, 0) is 4.79 Å². The van der Waals surface area contributed by atoms with Crippen LogP contribution in [0.25, 0.3) is 0 Å². The SMILES string of the molecule is Cc1cccc(NC(=O)CN[C@@H](C)c2cccc(Br)c2)c1. The lowest BCUT2D eigenvalue weighted by Gasteiger charge is -2.14. The zero-order valence-corrected chi connectivity index (χ0v) is 13.8. The molecular formula is C17H19BrN2O. The highest BCUT2D eigenvalue weighted by Crippen LogP contribution is 2.17. The third-order valence-electron chi connectivity index (χ3n) is 3.22. The Labute approximate surface area is 133 Å². The molecule has 1 amide bonds. The Balaban J connectivity index is 1.86. The molecule has 110 valence electrons.